The number of H-pyrrole nitrogens is 1. The van der Waals surface area contributed by atoms with Gasteiger partial charge in [0.25, 0.3) is 11.6 Å². The molecule has 2 aliphatic heterocycles. The lowest BCUT2D eigenvalue weighted by molar-refractivity contribution is -0.393. The number of halogens is 1. The van der Waals surface area contributed by atoms with Crippen molar-refractivity contribution >= 4 is 5.95 Å². The minimum Gasteiger partial charge on any atom is -0.390 e. The number of ether oxygens (including phenoxy) is 2. The molecule has 5 atom stereocenters. The number of rotatable bonds is 3. The summed E-state index contributed by atoms with van der Waals surface area (Å²) in [5.41, 5.74) is -0.159. The van der Waals surface area contributed by atoms with Crippen molar-refractivity contribution in [1.82, 2.24) is 9.97 Å². The second-order valence-corrected chi connectivity index (χ2v) is 4.21. The Morgan fingerprint density at radius 2 is 2.26 bits per heavy atom. The van der Waals surface area contributed by atoms with Gasteiger partial charge in [-0.3, -0.25) is 0 Å². The summed E-state index contributed by atoms with van der Waals surface area (Å²) >= 11 is 0. The molecule has 3 heterocycles. The zero-order valence-electron chi connectivity index (χ0n) is 9.06. The number of nitro groups is 1. The molecule has 0 aliphatic carbocycles. The lowest BCUT2D eigenvalue weighted by atomic mass is 10.1. The summed E-state index contributed by atoms with van der Waals surface area (Å²) < 4.78 is 22.4. The fraction of sp³-hybridized carbons (Fsp3) is 0.625. The highest BCUT2D eigenvalue weighted by Gasteiger charge is 2.85. The Hall–Kier alpha value is -1.66. The molecule has 1 aromatic heterocycles. The van der Waals surface area contributed by atoms with Crippen molar-refractivity contribution < 1.29 is 34.1 Å². The van der Waals surface area contributed by atoms with Gasteiger partial charge < -0.3 is 34.9 Å². The van der Waals surface area contributed by atoms with Crippen LogP contribution in [-0.2, 0) is 9.47 Å². The predicted molar refractivity (Wildman–Crippen MR) is 51.0 cm³/mol. The Balaban J connectivity index is 1.92. The number of imidazole rings is 1. The molecule has 0 spiro atoms. The van der Waals surface area contributed by atoms with Gasteiger partial charge in [-0.25, -0.2) is 9.37 Å². The van der Waals surface area contributed by atoms with Gasteiger partial charge in [0, 0.05) is 0 Å². The molecule has 104 valence electrons. The third-order valence-electron chi connectivity index (χ3n) is 3.08. The molecule has 4 N–H and O–H groups in total. The molecule has 0 bridgehead atoms. The minimum atomic E-state index is -2.60. The van der Waals surface area contributed by atoms with Gasteiger partial charge in [0.05, 0.1) is 0 Å². The highest BCUT2D eigenvalue weighted by molar-refractivity contribution is 5.25. The number of fused-ring (bicyclic) bond motifs is 1. The first-order chi connectivity index (χ1) is 8.79. The van der Waals surface area contributed by atoms with Crippen LogP contribution in [0.2, 0.25) is 0 Å². The molecule has 2 saturated heterocycles. The van der Waals surface area contributed by atoms with E-state index in [0.29, 0.717) is 0 Å². The lowest BCUT2D eigenvalue weighted by Gasteiger charge is -2.17. The minimum absolute atomic E-state index is 0.159. The monoisotopic (exact) mass is 277 g/mol. The Morgan fingerprint density at radius 3 is 2.74 bits per heavy atom. The summed E-state index contributed by atoms with van der Waals surface area (Å²) in [6, 6.07) is 0. The van der Waals surface area contributed by atoms with E-state index in [1.54, 1.807) is 0 Å². The normalized spacial score (nSPS) is 41.9. The molecule has 0 saturated carbocycles. The number of alkyl halides is 1. The van der Waals surface area contributed by atoms with Crippen LogP contribution in [0.5, 0.6) is 0 Å². The molecule has 2 aliphatic rings. The first kappa shape index (κ1) is 12.4. The lowest BCUT2D eigenvalue weighted by Crippen LogP contribution is -2.38. The van der Waals surface area contributed by atoms with Crippen LogP contribution in [0.25, 0.3) is 0 Å². The molecule has 0 aromatic carbocycles. The van der Waals surface area contributed by atoms with E-state index in [9.17, 15) is 24.7 Å². The maximum atomic E-state index is 12.9. The van der Waals surface area contributed by atoms with E-state index in [0.717, 1.165) is 6.20 Å². The standard InChI is InChI=1S/C8H8FN3O7/c9-5(13)4-8(15)7(14,19-8)3(18-4)2-1-10-6(11-2)12(16)17/h1,3-5,13-15H,(H,10,11)/t3-,4-,5?,7-,8+/m1/s1. The fourth-order valence-corrected chi connectivity index (χ4v) is 2.12. The molecule has 1 aromatic rings. The highest BCUT2D eigenvalue weighted by atomic mass is 19.1. The molecule has 19 heavy (non-hydrogen) atoms. The van der Waals surface area contributed by atoms with Crippen molar-refractivity contribution in [3.8, 4) is 0 Å². The van der Waals surface area contributed by atoms with Crippen molar-refractivity contribution in [3.63, 3.8) is 0 Å². The maximum absolute atomic E-state index is 12.9. The van der Waals surface area contributed by atoms with Gasteiger partial charge >= 0.3 is 5.95 Å². The van der Waals surface area contributed by atoms with Crippen LogP contribution in [-0.4, -0.2) is 54.2 Å². The number of aliphatic hydroxyl groups is 3. The molecule has 1 unspecified atom stereocenters. The second kappa shape index (κ2) is 3.46. The van der Waals surface area contributed by atoms with Crippen LogP contribution in [0.3, 0.4) is 0 Å². The Morgan fingerprint density at radius 1 is 1.58 bits per heavy atom. The van der Waals surface area contributed by atoms with Gasteiger partial charge in [0.15, 0.2) is 17.9 Å². The van der Waals surface area contributed by atoms with Gasteiger partial charge in [-0.1, -0.05) is 4.98 Å². The van der Waals surface area contributed by atoms with Crippen LogP contribution in [0.4, 0.5) is 10.3 Å². The van der Waals surface area contributed by atoms with Crippen molar-refractivity contribution in [3.05, 3.63) is 22.0 Å². The maximum Gasteiger partial charge on any atom is 0.432 e. The third-order valence-corrected chi connectivity index (χ3v) is 3.08. The zero-order chi connectivity index (χ0) is 14.0. The molecule has 3 rings (SSSR count). The quantitative estimate of drug-likeness (QED) is 0.294. The van der Waals surface area contributed by atoms with Crippen LogP contribution in [0.15, 0.2) is 6.20 Å². The summed E-state index contributed by atoms with van der Waals surface area (Å²) in [7, 11) is 0. The summed E-state index contributed by atoms with van der Waals surface area (Å²) in [6.07, 6.45) is -4.84. The van der Waals surface area contributed by atoms with E-state index in [1.807, 2.05) is 0 Å². The SMILES string of the molecule is O=[N+]([O-])c1nc([C@H]2O[C@H](C(O)F)[C@]3(O)O[C@]23O)c[nH]1. The van der Waals surface area contributed by atoms with Gasteiger partial charge in [0.1, 0.15) is 6.20 Å². The fourth-order valence-electron chi connectivity index (χ4n) is 2.12. The smallest absolute Gasteiger partial charge is 0.390 e. The number of nitrogens with zero attached hydrogens (tertiary/aromatic N) is 2. The zero-order valence-corrected chi connectivity index (χ0v) is 9.06. The van der Waals surface area contributed by atoms with E-state index in [-0.39, 0.29) is 5.69 Å². The average molecular weight is 277 g/mol. The van der Waals surface area contributed by atoms with E-state index >= 15 is 0 Å². The Bertz CT molecular complexity index is 550. The number of epoxide rings is 1. The number of nitrogens with one attached hydrogen (secondary N) is 1. The molecule has 0 radical (unpaired) electrons. The third kappa shape index (κ3) is 1.44. The molecular weight excluding hydrogens is 269 g/mol. The number of aromatic nitrogens is 2. The molecule has 11 heteroatoms. The summed E-state index contributed by atoms with van der Waals surface area (Å²) in [5.74, 6) is -5.32. The summed E-state index contributed by atoms with van der Waals surface area (Å²) in [4.78, 5) is 15.4. The predicted octanol–water partition coefficient (Wildman–Crippen LogP) is -1.55. The number of hydrogen-bond donors (Lipinski definition) is 4. The van der Waals surface area contributed by atoms with Crippen molar-refractivity contribution in [1.29, 1.82) is 0 Å². The van der Waals surface area contributed by atoms with Crippen LogP contribution < -0.4 is 0 Å². The second-order valence-electron chi connectivity index (χ2n) is 4.21. The Kier molecular flexibility index (Phi) is 2.25. The van der Waals surface area contributed by atoms with Crippen LogP contribution in [0, 0.1) is 10.1 Å². The number of aliphatic hydroxyl groups excluding tert-OH is 1. The first-order valence-electron chi connectivity index (χ1n) is 5.12. The Labute approximate surface area is 103 Å². The van der Waals surface area contributed by atoms with E-state index < -0.39 is 41.0 Å². The van der Waals surface area contributed by atoms with Gasteiger partial charge in [0.2, 0.25) is 6.36 Å². The topological polar surface area (TPSA) is 154 Å². The van der Waals surface area contributed by atoms with Crippen molar-refractivity contribution in [2.24, 2.45) is 0 Å². The highest BCUT2D eigenvalue weighted by Crippen LogP contribution is 2.62. The van der Waals surface area contributed by atoms with Crippen molar-refractivity contribution in [2.75, 3.05) is 0 Å². The molecule has 0 amide bonds. The average Bonchev–Trinajstić information content (AvgIpc) is 2.67. The van der Waals surface area contributed by atoms with Gasteiger partial charge in [-0.05, 0) is 4.92 Å². The van der Waals surface area contributed by atoms with Crippen molar-refractivity contribution in [2.45, 2.75) is 30.1 Å². The number of aromatic amines is 1. The van der Waals surface area contributed by atoms with E-state index in [2.05, 4.69) is 14.7 Å². The number of hydrogen-bond acceptors (Lipinski definition) is 8. The van der Waals surface area contributed by atoms with Crippen LogP contribution in [0.1, 0.15) is 11.8 Å². The molecular formula is C8H8FN3O7. The molecule has 10 nitrogen and oxygen atoms in total. The van der Waals surface area contributed by atoms with Gasteiger partial charge in [-0.15, -0.1) is 0 Å². The first-order valence-corrected chi connectivity index (χ1v) is 5.12. The van der Waals surface area contributed by atoms with E-state index in [4.69, 9.17) is 9.84 Å². The summed E-state index contributed by atoms with van der Waals surface area (Å²) in [5, 5.41) is 38.9. The van der Waals surface area contributed by atoms with E-state index in [1.165, 1.54) is 0 Å². The van der Waals surface area contributed by atoms with Crippen LogP contribution >= 0.6 is 0 Å². The largest absolute Gasteiger partial charge is 0.432 e. The molecule has 2 fully saturated rings. The van der Waals surface area contributed by atoms with Gasteiger partial charge in [-0.2, -0.15) is 0 Å². The summed E-state index contributed by atoms with van der Waals surface area (Å²) in [6.45, 7) is 0.